The molecule has 0 fully saturated rings. The Kier molecular flexibility index (Phi) is 4.93. The molecule has 6 heteroatoms. The first kappa shape index (κ1) is 16.2. The van der Waals surface area contributed by atoms with E-state index in [0.29, 0.717) is 19.0 Å². The number of carbonyl (C=O) groups is 1. The van der Waals surface area contributed by atoms with Crippen LogP contribution < -0.4 is 14.8 Å². The molecule has 1 aromatic heterocycles. The number of benzene rings is 1. The van der Waals surface area contributed by atoms with Gasteiger partial charge in [-0.3, -0.25) is 4.79 Å². The van der Waals surface area contributed by atoms with E-state index in [-0.39, 0.29) is 11.8 Å². The molecule has 126 valence electrons. The van der Waals surface area contributed by atoms with Gasteiger partial charge < -0.3 is 14.8 Å². The molecule has 3 rings (SSSR count). The second-order valence-electron chi connectivity index (χ2n) is 5.76. The highest BCUT2D eigenvalue weighted by Crippen LogP contribution is 2.38. The molecule has 24 heavy (non-hydrogen) atoms. The number of methoxy groups -OCH3 is 1. The summed E-state index contributed by atoms with van der Waals surface area (Å²) in [5, 5.41) is 2.93. The van der Waals surface area contributed by atoms with Crippen LogP contribution in [0.15, 0.2) is 30.6 Å². The van der Waals surface area contributed by atoms with Crippen molar-refractivity contribution >= 4 is 11.6 Å². The molecule has 0 aliphatic carbocycles. The lowest BCUT2D eigenvalue weighted by atomic mass is 9.86. The molecule has 2 heterocycles. The van der Waals surface area contributed by atoms with Gasteiger partial charge in [-0.25, -0.2) is 9.97 Å². The third kappa shape index (κ3) is 3.48. The second-order valence-corrected chi connectivity index (χ2v) is 5.76. The topological polar surface area (TPSA) is 73.3 Å². The number of hydrogen-bond acceptors (Lipinski definition) is 5. The fourth-order valence-electron chi connectivity index (χ4n) is 2.78. The van der Waals surface area contributed by atoms with Crippen molar-refractivity contribution in [1.29, 1.82) is 0 Å². The predicted molar refractivity (Wildman–Crippen MR) is 90.5 cm³/mol. The molecule has 1 amide bonds. The molecule has 0 saturated heterocycles. The van der Waals surface area contributed by atoms with Gasteiger partial charge in [0.05, 0.1) is 13.7 Å². The van der Waals surface area contributed by atoms with Gasteiger partial charge in [0.25, 0.3) is 0 Å². The molecule has 1 aliphatic heterocycles. The maximum Gasteiger partial charge on any atom is 0.316 e. The van der Waals surface area contributed by atoms with Crippen molar-refractivity contribution in [3.8, 4) is 11.8 Å². The number of amides is 1. The van der Waals surface area contributed by atoms with E-state index in [9.17, 15) is 4.79 Å². The van der Waals surface area contributed by atoms with Crippen LogP contribution in [0.4, 0.5) is 5.69 Å². The zero-order valence-corrected chi connectivity index (χ0v) is 13.9. The lowest BCUT2D eigenvalue weighted by Crippen LogP contribution is -2.23. The fraction of sp³-hybridized carbons (Fsp3) is 0.389. The molecule has 2 aromatic rings. The van der Waals surface area contributed by atoms with Gasteiger partial charge in [0.1, 0.15) is 5.75 Å². The predicted octanol–water partition coefficient (Wildman–Crippen LogP) is 3.14. The molecule has 0 radical (unpaired) electrons. The summed E-state index contributed by atoms with van der Waals surface area (Å²) < 4.78 is 10.7. The van der Waals surface area contributed by atoms with E-state index in [4.69, 9.17) is 9.47 Å². The number of aromatic nitrogens is 2. The smallest absolute Gasteiger partial charge is 0.316 e. The summed E-state index contributed by atoms with van der Waals surface area (Å²) in [4.78, 5) is 20.4. The van der Waals surface area contributed by atoms with Crippen LogP contribution in [0.1, 0.15) is 43.2 Å². The number of ether oxygens (including phenoxy) is 2. The van der Waals surface area contributed by atoms with E-state index >= 15 is 0 Å². The first-order valence-electron chi connectivity index (χ1n) is 8.13. The summed E-state index contributed by atoms with van der Waals surface area (Å²) in [5.41, 5.74) is 2.74. The molecular weight excluding hydrogens is 306 g/mol. The van der Waals surface area contributed by atoms with Crippen molar-refractivity contribution in [1.82, 2.24) is 9.97 Å². The average molecular weight is 327 g/mol. The molecule has 0 spiro atoms. The lowest BCUT2D eigenvalue weighted by molar-refractivity contribution is -0.116. The van der Waals surface area contributed by atoms with E-state index in [0.717, 1.165) is 35.4 Å². The molecule has 1 aliphatic rings. The van der Waals surface area contributed by atoms with Crippen LogP contribution in [0, 0.1) is 0 Å². The number of rotatable bonds is 6. The molecule has 0 bridgehead atoms. The number of nitrogens with zero attached hydrogens (tertiary/aromatic N) is 2. The van der Waals surface area contributed by atoms with E-state index in [2.05, 4.69) is 22.2 Å². The van der Waals surface area contributed by atoms with Crippen LogP contribution >= 0.6 is 0 Å². The number of unbranched alkanes of at least 4 members (excludes halogenated alkanes) is 1. The van der Waals surface area contributed by atoms with Gasteiger partial charge in [-0.1, -0.05) is 19.4 Å². The lowest BCUT2D eigenvalue weighted by Gasteiger charge is -2.26. The van der Waals surface area contributed by atoms with Crippen molar-refractivity contribution < 1.29 is 14.3 Å². The third-order valence-electron chi connectivity index (χ3n) is 4.06. The zero-order valence-electron chi connectivity index (χ0n) is 13.9. The van der Waals surface area contributed by atoms with Gasteiger partial charge in [-0.2, -0.15) is 0 Å². The van der Waals surface area contributed by atoms with E-state index in [1.165, 1.54) is 7.11 Å². The Morgan fingerprint density at radius 3 is 2.79 bits per heavy atom. The van der Waals surface area contributed by atoms with E-state index < -0.39 is 0 Å². The van der Waals surface area contributed by atoms with E-state index in [1.807, 2.05) is 18.2 Å². The van der Waals surface area contributed by atoms with Gasteiger partial charge in [0.2, 0.25) is 5.91 Å². The number of carbonyl (C=O) groups excluding carboxylic acids is 1. The van der Waals surface area contributed by atoms with Crippen LogP contribution in [0.25, 0.3) is 0 Å². The first-order valence-corrected chi connectivity index (χ1v) is 8.13. The summed E-state index contributed by atoms with van der Waals surface area (Å²) in [6.45, 7) is 2.80. The number of nitrogens with one attached hydrogen (secondary N) is 1. The minimum Gasteiger partial charge on any atom is -0.494 e. The zero-order chi connectivity index (χ0) is 16.9. The molecular formula is C18H21N3O3. The van der Waals surface area contributed by atoms with Gasteiger partial charge in [0, 0.05) is 36.5 Å². The average Bonchev–Trinajstić information content (AvgIpc) is 2.61. The summed E-state index contributed by atoms with van der Waals surface area (Å²) in [6.07, 6.45) is 5.89. The van der Waals surface area contributed by atoms with Crippen LogP contribution in [0.2, 0.25) is 0 Å². The highest BCUT2D eigenvalue weighted by molar-refractivity contribution is 5.95. The first-order chi connectivity index (χ1) is 11.7. The highest BCUT2D eigenvalue weighted by atomic mass is 16.5. The second kappa shape index (κ2) is 7.29. The van der Waals surface area contributed by atoms with E-state index in [1.54, 1.807) is 12.4 Å². The SMILES string of the molecule is CCCCOc1ccc2c(c1)NC(=O)C[C@@H]2c1cnc(OC)nc1. The molecule has 1 N–H and O–H groups in total. The van der Waals surface area contributed by atoms with Crippen molar-refractivity contribution in [2.45, 2.75) is 32.1 Å². The molecule has 1 aromatic carbocycles. The van der Waals surface area contributed by atoms with Gasteiger partial charge in [-0.05, 0) is 23.6 Å². The maximum absolute atomic E-state index is 12.1. The largest absolute Gasteiger partial charge is 0.494 e. The van der Waals surface area contributed by atoms with Gasteiger partial charge in [0.15, 0.2) is 0 Å². The van der Waals surface area contributed by atoms with Crippen molar-refractivity contribution in [2.75, 3.05) is 19.0 Å². The maximum atomic E-state index is 12.1. The minimum absolute atomic E-state index is 0.0194. The Balaban J connectivity index is 1.87. The van der Waals surface area contributed by atoms with Crippen molar-refractivity contribution in [3.05, 3.63) is 41.7 Å². The van der Waals surface area contributed by atoms with Crippen LogP contribution in [0.3, 0.4) is 0 Å². The highest BCUT2D eigenvalue weighted by Gasteiger charge is 2.27. The number of hydrogen-bond donors (Lipinski definition) is 1. The molecule has 1 atom stereocenters. The fourth-order valence-corrected chi connectivity index (χ4v) is 2.78. The quantitative estimate of drug-likeness (QED) is 0.825. The normalized spacial score (nSPS) is 16.2. The van der Waals surface area contributed by atoms with Crippen LogP contribution in [-0.4, -0.2) is 29.6 Å². The molecule has 0 saturated carbocycles. The Morgan fingerprint density at radius 2 is 2.08 bits per heavy atom. The Labute approximate surface area is 141 Å². The van der Waals surface area contributed by atoms with Crippen molar-refractivity contribution in [2.24, 2.45) is 0 Å². The van der Waals surface area contributed by atoms with Gasteiger partial charge in [-0.15, -0.1) is 0 Å². The number of anilines is 1. The summed E-state index contributed by atoms with van der Waals surface area (Å²) >= 11 is 0. The Morgan fingerprint density at radius 1 is 1.29 bits per heavy atom. The van der Waals surface area contributed by atoms with Crippen molar-refractivity contribution in [3.63, 3.8) is 0 Å². The monoisotopic (exact) mass is 327 g/mol. The molecule has 0 unspecified atom stereocenters. The Hall–Kier alpha value is -2.63. The standard InChI is InChI=1S/C18H21N3O3/c1-3-4-7-24-13-5-6-14-15(9-17(22)21-16(14)8-13)12-10-19-18(23-2)20-11-12/h5-6,8,10-11,15H,3-4,7,9H2,1-2H3,(H,21,22)/t15-/m1/s1. The van der Waals surface area contributed by atoms with Crippen LogP contribution in [0.5, 0.6) is 11.8 Å². The summed E-state index contributed by atoms with van der Waals surface area (Å²) in [5.74, 6) is 0.688. The Bertz CT molecular complexity index is 716. The minimum atomic E-state index is -0.0654. The third-order valence-corrected chi connectivity index (χ3v) is 4.06. The van der Waals surface area contributed by atoms with Gasteiger partial charge >= 0.3 is 6.01 Å². The number of fused-ring (bicyclic) bond motifs is 1. The summed E-state index contributed by atoms with van der Waals surface area (Å²) in [7, 11) is 1.53. The van der Waals surface area contributed by atoms with Crippen LogP contribution in [-0.2, 0) is 4.79 Å². The molecule has 6 nitrogen and oxygen atoms in total. The summed E-state index contributed by atoms with van der Waals surface area (Å²) in [6, 6.07) is 6.16.